The summed E-state index contributed by atoms with van der Waals surface area (Å²) in [7, 11) is 0. The minimum absolute atomic E-state index is 0.0174. The normalized spacial score (nSPS) is 12.3. The van der Waals surface area contributed by atoms with E-state index in [1.165, 1.54) is 6.07 Å². The van der Waals surface area contributed by atoms with Crippen LogP contribution in [0.15, 0.2) is 40.8 Å². The van der Waals surface area contributed by atoms with Gasteiger partial charge in [-0.05, 0) is 12.1 Å². The molecule has 0 fully saturated rings. The number of aliphatic hydroxyl groups excluding tert-OH is 1. The van der Waals surface area contributed by atoms with Crippen LogP contribution in [-0.2, 0) is 12.8 Å². The van der Waals surface area contributed by atoms with Crippen molar-refractivity contribution in [1.82, 2.24) is 0 Å². The van der Waals surface area contributed by atoms with E-state index in [4.69, 9.17) is 4.42 Å². The lowest BCUT2D eigenvalue weighted by Crippen LogP contribution is -2.03. The summed E-state index contributed by atoms with van der Waals surface area (Å²) in [5.74, 6) is 1.23. The number of benzene rings is 1. The van der Waals surface area contributed by atoms with E-state index in [0.29, 0.717) is 11.3 Å². The van der Waals surface area contributed by atoms with Crippen LogP contribution in [0.4, 0.5) is 5.69 Å². The topological polar surface area (TPSA) is 76.5 Å². The molecule has 1 aromatic heterocycles. The van der Waals surface area contributed by atoms with Crippen molar-refractivity contribution in [3.8, 4) is 0 Å². The molecule has 1 aromatic carbocycles. The third-order valence-electron chi connectivity index (χ3n) is 2.96. The maximum absolute atomic E-state index is 10.9. The van der Waals surface area contributed by atoms with E-state index in [1.807, 2.05) is 6.92 Å². The van der Waals surface area contributed by atoms with Crippen LogP contribution in [0, 0.1) is 10.1 Å². The fourth-order valence-electron chi connectivity index (χ4n) is 1.93. The summed E-state index contributed by atoms with van der Waals surface area (Å²) in [6.07, 6.45) is 0.0351. The van der Waals surface area contributed by atoms with E-state index in [1.54, 1.807) is 30.3 Å². The molecule has 1 unspecified atom stereocenters. The van der Waals surface area contributed by atoms with Crippen LogP contribution >= 0.6 is 0 Å². The molecule has 0 aliphatic rings. The van der Waals surface area contributed by atoms with E-state index >= 15 is 0 Å². The number of para-hydroxylation sites is 1. The fourth-order valence-corrected chi connectivity index (χ4v) is 1.93. The van der Waals surface area contributed by atoms with Gasteiger partial charge in [0.15, 0.2) is 0 Å². The lowest BCUT2D eigenvalue weighted by Gasteiger charge is -2.08. The zero-order valence-electron chi connectivity index (χ0n) is 10.6. The molecule has 1 atom stereocenters. The number of nitrogens with zero attached hydrogens (tertiary/aromatic N) is 1. The van der Waals surface area contributed by atoms with Gasteiger partial charge in [0.05, 0.1) is 4.92 Å². The number of nitro groups is 1. The second-order valence-electron chi connectivity index (χ2n) is 4.26. The van der Waals surface area contributed by atoms with E-state index in [-0.39, 0.29) is 12.1 Å². The second-order valence-corrected chi connectivity index (χ2v) is 4.26. The molecule has 0 saturated carbocycles. The molecule has 5 heteroatoms. The molecule has 2 aromatic rings. The Morgan fingerprint density at radius 1 is 1.32 bits per heavy atom. The number of aryl methyl sites for hydroxylation is 1. The van der Waals surface area contributed by atoms with Crippen LogP contribution in [-0.4, -0.2) is 10.0 Å². The summed E-state index contributed by atoms with van der Waals surface area (Å²) in [6.45, 7) is 1.96. The number of nitro benzene ring substituents is 1. The Bertz CT molecular complexity index is 576. The SMILES string of the molecule is CCc1ccc(C(O)Cc2ccccc2[N+](=O)[O-])o1. The van der Waals surface area contributed by atoms with Gasteiger partial charge in [-0.2, -0.15) is 0 Å². The Balaban J connectivity index is 2.19. The number of rotatable bonds is 5. The van der Waals surface area contributed by atoms with Crippen molar-refractivity contribution in [2.45, 2.75) is 25.9 Å². The van der Waals surface area contributed by atoms with Crippen LogP contribution in [0.25, 0.3) is 0 Å². The van der Waals surface area contributed by atoms with Crippen LogP contribution in [0.5, 0.6) is 0 Å². The molecule has 0 aliphatic carbocycles. The zero-order chi connectivity index (χ0) is 13.8. The molecule has 0 spiro atoms. The summed E-state index contributed by atoms with van der Waals surface area (Å²) in [5, 5.41) is 21.0. The molecule has 0 bridgehead atoms. The summed E-state index contributed by atoms with van der Waals surface area (Å²) in [6, 6.07) is 9.91. The smallest absolute Gasteiger partial charge is 0.272 e. The summed E-state index contributed by atoms with van der Waals surface area (Å²) in [5.41, 5.74) is 0.512. The third kappa shape index (κ3) is 3.00. The highest BCUT2D eigenvalue weighted by atomic mass is 16.6. The van der Waals surface area contributed by atoms with Crippen LogP contribution in [0.2, 0.25) is 0 Å². The van der Waals surface area contributed by atoms with E-state index in [0.717, 1.165) is 12.2 Å². The van der Waals surface area contributed by atoms with Gasteiger partial charge in [0, 0.05) is 24.5 Å². The quantitative estimate of drug-likeness (QED) is 0.663. The molecule has 0 radical (unpaired) electrons. The van der Waals surface area contributed by atoms with Crippen molar-refractivity contribution in [1.29, 1.82) is 0 Å². The average molecular weight is 261 g/mol. The fraction of sp³-hybridized carbons (Fsp3) is 0.286. The van der Waals surface area contributed by atoms with Gasteiger partial charge in [0.2, 0.25) is 0 Å². The van der Waals surface area contributed by atoms with Gasteiger partial charge in [0.1, 0.15) is 17.6 Å². The highest BCUT2D eigenvalue weighted by Crippen LogP contribution is 2.26. The van der Waals surface area contributed by atoms with Crippen molar-refractivity contribution < 1.29 is 14.4 Å². The first-order chi connectivity index (χ1) is 9.11. The molecule has 19 heavy (non-hydrogen) atoms. The standard InChI is InChI=1S/C14H15NO4/c1-2-11-7-8-14(19-11)13(16)9-10-5-3-4-6-12(10)15(17)18/h3-8,13,16H,2,9H2,1H3. The number of furan rings is 1. The number of hydrogen-bond donors (Lipinski definition) is 1. The van der Waals surface area contributed by atoms with E-state index in [2.05, 4.69) is 0 Å². The maximum Gasteiger partial charge on any atom is 0.272 e. The van der Waals surface area contributed by atoms with Crippen LogP contribution < -0.4 is 0 Å². The summed E-state index contributed by atoms with van der Waals surface area (Å²) < 4.78 is 5.45. The highest BCUT2D eigenvalue weighted by molar-refractivity contribution is 5.40. The predicted molar refractivity (Wildman–Crippen MR) is 69.8 cm³/mol. The van der Waals surface area contributed by atoms with Gasteiger partial charge in [-0.1, -0.05) is 25.1 Å². The largest absolute Gasteiger partial charge is 0.463 e. The highest BCUT2D eigenvalue weighted by Gasteiger charge is 2.19. The number of aliphatic hydroxyl groups is 1. The minimum Gasteiger partial charge on any atom is -0.463 e. The van der Waals surface area contributed by atoms with Crippen molar-refractivity contribution in [3.63, 3.8) is 0 Å². The Morgan fingerprint density at radius 3 is 2.68 bits per heavy atom. The second kappa shape index (κ2) is 5.67. The lowest BCUT2D eigenvalue weighted by atomic mass is 10.0. The first-order valence-electron chi connectivity index (χ1n) is 6.10. The van der Waals surface area contributed by atoms with Gasteiger partial charge in [-0.15, -0.1) is 0 Å². The van der Waals surface area contributed by atoms with E-state index < -0.39 is 11.0 Å². The van der Waals surface area contributed by atoms with Gasteiger partial charge in [-0.25, -0.2) is 0 Å². The first-order valence-corrected chi connectivity index (χ1v) is 6.10. The van der Waals surface area contributed by atoms with Gasteiger partial charge in [-0.3, -0.25) is 10.1 Å². The Labute approximate surface area is 110 Å². The lowest BCUT2D eigenvalue weighted by molar-refractivity contribution is -0.385. The zero-order valence-corrected chi connectivity index (χ0v) is 10.6. The molecular formula is C14H15NO4. The monoisotopic (exact) mass is 261 g/mol. The van der Waals surface area contributed by atoms with Crippen molar-refractivity contribution in [2.75, 3.05) is 0 Å². The van der Waals surface area contributed by atoms with Crippen LogP contribution in [0.1, 0.15) is 30.1 Å². The number of hydrogen-bond acceptors (Lipinski definition) is 4. The van der Waals surface area contributed by atoms with Crippen molar-refractivity contribution >= 4 is 5.69 Å². The third-order valence-corrected chi connectivity index (χ3v) is 2.96. The summed E-state index contributed by atoms with van der Waals surface area (Å²) in [4.78, 5) is 10.4. The maximum atomic E-state index is 10.9. The van der Waals surface area contributed by atoms with Crippen molar-refractivity contribution in [2.24, 2.45) is 0 Å². The Hall–Kier alpha value is -2.14. The molecule has 0 amide bonds. The van der Waals surface area contributed by atoms with Gasteiger partial charge in [0.25, 0.3) is 5.69 Å². The van der Waals surface area contributed by atoms with Gasteiger partial charge < -0.3 is 9.52 Å². The Kier molecular flexibility index (Phi) is 3.97. The van der Waals surface area contributed by atoms with Crippen LogP contribution in [0.3, 0.4) is 0 Å². The van der Waals surface area contributed by atoms with E-state index in [9.17, 15) is 15.2 Å². The molecule has 0 aliphatic heterocycles. The molecule has 0 saturated heterocycles. The minimum atomic E-state index is -0.874. The molecule has 2 rings (SSSR count). The first kappa shape index (κ1) is 13.3. The molecule has 1 heterocycles. The average Bonchev–Trinajstić information content (AvgIpc) is 2.88. The predicted octanol–water partition coefficient (Wildman–Crippen LogP) is 3.03. The van der Waals surface area contributed by atoms with Gasteiger partial charge >= 0.3 is 0 Å². The molecule has 5 nitrogen and oxygen atoms in total. The summed E-state index contributed by atoms with van der Waals surface area (Å²) >= 11 is 0. The molecule has 1 N–H and O–H groups in total. The van der Waals surface area contributed by atoms with Crippen molar-refractivity contribution in [3.05, 3.63) is 63.6 Å². The molecule has 100 valence electrons. The Morgan fingerprint density at radius 2 is 2.05 bits per heavy atom. The molecular weight excluding hydrogens is 246 g/mol.